The first kappa shape index (κ1) is 14.0. The van der Waals surface area contributed by atoms with Crippen LogP contribution in [0.4, 0.5) is 0 Å². The van der Waals surface area contributed by atoms with Crippen molar-refractivity contribution in [2.45, 2.75) is 6.92 Å². The molecule has 1 aromatic carbocycles. The fraction of sp³-hybridized carbons (Fsp3) is 0.133. The van der Waals surface area contributed by atoms with Crippen LogP contribution in [0.1, 0.15) is 16.2 Å². The number of nitrogens with zero attached hydrogens (tertiary/aromatic N) is 3. The van der Waals surface area contributed by atoms with Gasteiger partial charge in [-0.05, 0) is 47.1 Å². The van der Waals surface area contributed by atoms with Gasteiger partial charge in [-0.3, -0.25) is 0 Å². The van der Waals surface area contributed by atoms with E-state index in [9.17, 15) is 9.90 Å². The summed E-state index contributed by atoms with van der Waals surface area (Å²) in [4.78, 5) is 16.1. The molecule has 0 atom stereocenters. The highest BCUT2D eigenvalue weighted by Gasteiger charge is 2.20. The van der Waals surface area contributed by atoms with Gasteiger partial charge in [0.25, 0.3) is 0 Å². The van der Waals surface area contributed by atoms with Gasteiger partial charge in [-0.1, -0.05) is 0 Å². The summed E-state index contributed by atoms with van der Waals surface area (Å²) in [6.45, 7) is 1.96. The van der Waals surface area contributed by atoms with Crippen molar-refractivity contribution in [2.24, 2.45) is 0 Å². The van der Waals surface area contributed by atoms with Crippen LogP contribution in [0.2, 0.25) is 0 Å². The smallest absolute Gasteiger partial charge is 0.354 e. The van der Waals surface area contributed by atoms with E-state index in [4.69, 9.17) is 9.47 Å². The monoisotopic (exact) mass is 375 g/mol. The summed E-state index contributed by atoms with van der Waals surface area (Å²) in [5.41, 5.74) is 2.42. The van der Waals surface area contributed by atoms with Crippen LogP contribution < -0.4 is 9.47 Å². The predicted octanol–water partition coefficient (Wildman–Crippen LogP) is 2.89. The Bertz CT molecular complexity index is 967. The number of fused-ring (bicyclic) bond motifs is 2. The molecule has 0 fully saturated rings. The van der Waals surface area contributed by atoms with E-state index in [0.29, 0.717) is 33.0 Å². The number of benzene rings is 1. The minimum Gasteiger partial charge on any atom is -0.477 e. The van der Waals surface area contributed by atoms with Crippen molar-refractivity contribution in [3.05, 3.63) is 40.1 Å². The summed E-state index contributed by atoms with van der Waals surface area (Å²) in [7, 11) is 0. The summed E-state index contributed by atoms with van der Waals surface area (Å²) in [5, 5.41) is 13.7. The number of aryl methyl sites for hydroxylation is 1. The summed E-state index contributed by atoms with van der Waals surface area (Å²) in [6.07, 6.45) is 0. The Balaban J connectivity index is 1.97. The fourth-order valence-corrected chi connectivity index (χ4v) is 2.79. The summed E-state index contributed by atoms with van der Waals surface area (Å²) >= 11 is 3.41. The average Bonchev–Trinajstić information content (AvgIpc) is 3.11. The highest BCUT2D eigenvalue weighted by atomic mass is 79.9. The van der Waals surface area contributed by atoms with Crippen LogP contribution in [0.3, 0.4) is 0 Å². The number of aromatic carboxylic acids is 1. The van der Waals surface area contributed by atoms with Crippen LogP contribution in [-0.4, -0.2) is 32.5 Å². The fourth-order valence-electron chi connectivity index (χ4n) is 2.45. The normalized spacial score (nSPS) is 12.8. The topological polar surface area (TPSA) is 86.0 Å². The first-order valence-corrected chi connectivity index (χ1v) is 7.53. The Morgan fingerprint density at radius 2 is 2.09 bits per heavy atom. The quantitative estimate of drug-likeness (QED) is 0.740. The molecule has 0 radical (unpaired) electrons. The molecule has 7 nitrogen and oxygen atoms in total. The minimum atomic E-state index is -1.07. The molecule has 1 N–H and O–H groups in total. The van der Waals surface area contributed by atoms with Gasteiger partial charge in [0.2, 0.25) is 6.79 Å². The van der Waals surface area contributed by atoms with E-state index in [2.05, 4.69) is 26.0 Å². The third kappa shape index (κ3) is 2.14. The standard InChI is InChI=1S/C15H10BrN3O4/c1-7-13(16)14-17-9(5-10(15(20)21)19(14)18-7)8-2-3-11-12(4-8)23-6-22-11/h2-5H,6H2,1H3,(H,20,21). The Morgan fingerprint density at radius 1 is 1.30 bits per heavy atom. The number of rotatable bonds is 2. The Hall–Kier alpha value is -2.61. The van der Waals surface area contributed by atoms with Gasteiger partial charge in [0.05, 0.1) is 15.9 Å². The van der Waals surface area contributed by atoms with Crippen molar-refractivity contribution in [2.75, 3.05) is 6.79 Å². The molecular weight excluding hydrogens is 366 g/mol. The zero-order valence-electron chi connectivity index (χ0n) is 11.9. The molecule has 3 heterocycles. The molecule has 0 amide bonds. The third-order valence-corrected chi connectivity index (χ3v) is 4.51. The molecule has 1 aliphatic rings. The highest BCUT2D eigenvalue weighted by molar-refractivity contribution is 9.10. The van der Waals surface area contributed by atoms with Crippen LogP contribution >= 0.6 is 15.9 Å². The van der Waals surface area contributed by atoms with Gasteiger partial charge in [-0.15, -0.1) is 0 Å². The number of hydrogen-bond acceptors (Lipinski definition) is 5. The van der Waals surface area contributed by atoms with Crippen molar-refractivity contribution in [1.82, 2.24) is 14.6 Å². The molecule has 0 saturated carbocycles. The van der Waals surface area contributed by atoms with Crippen molar-refractivity contribution in [3.63, 3.8) is 0 Å². The van der Waals surface area contributed by atoms with Crippen LogP contribution in [-0.2, 0) is 0 Å². The molecule has 3 aromatic rings. The van der Waals surface area contributed by atoms with Gasteiger partial charge in [0.15, 0.2) is 22.8 Å². The van der Waals surface area contributed by atoms with Gasteiger partial charge in [0.1, 0.15) is 0 Å². The lowest BCUT2D eigenvalue weighted by molar-refractivity contribution is 0.0687. The predicted molar refractivity (Wildman–Crippen MR) is 83.9 cm³/mol. The molecular formula is C15H10BrN3O4. The maximum atomic E-state index is 11.6. The van der Waals surface area contributed by atoms with E-state index < -0.39 is 5.97 Å². The van der Waals surface area contributed by atoms with Crippen molar-refractivity contribution in [3.8, 4) is 22.8 Å². The lowest BCUT2D eigenvalue weighted by atomic mass is 10.1. The zero-order valence-corrected chi connectivity index (χ0v) is 13.5. The lowest BCUT2D eigenvalue weighted by Gasteiger charge is -2.06. The number of ether oxygens (including phenoxy) is 2. The van der Waals surface area contributed by atoms with Crippen LogP contribution in [0.15, 0.2) is 28.7 Å². The average molecular weight is 376 g/mol. The van der Waals surface area contributed by atoms with Gasteiger partial charge in [-0.2, -0.15) is 5.10 Å². The lowest BCUT2D eigenvalue weighted by Crippen LogP contribution is -2.08. The van der Waals surface area contributed by atoms with Crippen LogP contribution in [0.5, 0.6) is 11.5 Å². The van der Waals surface area contributed by atoms with E-state index in [0.717, 1.165) is 5.56 Å². The van der Waals surface area contributed by atoms with Crippen LogP contribution in [0, 0.1) is 6.92 Å². The minimum absolute atomic E-state index is 0.0384. The maximum Gasteiger partial charge on any atom is 0.354 e. The first-order chi connectivity index (χ1) is 11.0. The van der Waals surface area contributed by atoms with E-state index in [1.807, 2.05) is 6.07 Å². The molecule has 4 rings (SSSR count). The Morgan fingerprint density at radius 3 is 2.87 bits per heavy atom. The maximum absolute atomic E-state index is 11.6. The van der Waals surface area contributed by atoms with Gasteiger partial charge in [0, 0.05) is 5.56 Å². The third-order valence-electron chi connectivity index (χ3n) is 3.58. The molecule has 0 spiro atoms. The number of halogens is 1. The molecule has 1 aliphatic heterocycles. The SMILES string of the molecule is Cc1nn2c(C(=O)O)cc(-c3ccc4c(c3)OCO4)nc2c1Br. The van der Waals surface area contributed by atoms with Crippen LogP contribution in [0.25, 0.3) is 16.9 Å². The summed E-state index contributed by atoms with van der Waals surface area (Å²) in [5.74, 6) is 0.203. The van der Waals surface area contributed by atoms with Crippen molar-refractivity contribution in [1.29, 1.82) is 0 Å². The zero-order chi connectivity index (χ0) is 16.1. The molecule has 0 unspecified atom stereocenters. The Labute approximate surface area is 138 Å². The molecule has 23 heavy (non-hydrogen) atoms. The first-order valence-electron chi connectivity index (χ1n) is 6.74. The number of aromatic nitrogens is 3. The van der Waals surface area contributed by atoms with Gasteiger partial charge in [-0.25, -0.2) is 14.3 Å². The van der Waals surface area contributed by atoms with E-state index >= 15 is 0 Å². The van der Waals surface area contributed by atoms with Crippen molar-refractivity contribution >= 4 is 27.5 Å². The number of hydrogen-bond donors (Lipinski definition) is 1. The number of carboxylic acid groups (broad SMARTS) is 1. The summed E-state index contributed by atoms with van der Waals surface area (Å²) < 4.78 is 12.6. The highest BCUT2D eigenvalue weighted by Crippen LogP contribution is 2.36. The van der Waals surface area contributed by atoms with E-state index in [1.54, 1.807) is 19.1 Å². The molecule has 116 valence electrons. The van der Waals surface area contributed by atoms with E-state index in [-0.39, 0.29) is 12.5 Å². The largest absolute Gasteiger partial charge is 0.477 e. The second kappa shape index (κ2) is 4.95. The number of carbonyl (C=O) groups is 1. The molecule has 0 bridgehead atoms. The van der Waals surface area contributed by atoms with Gasteiger partial charge >= 0.3 is 5.97 Å². The molecule has 0 saturated heterocycles. The Kier molecular flexibility index (Phi) is 3.02. The number of carboxylic acids is 1. The summed E-state index contributed by atoms with van der Waals surface area (Å²) in [6, 6.07) is 6.87. The van der Waals surface area contributed by atoms with E-state index in [1.165, 1.54) is 10.6 Å². The van der Waals surface area contributed by atoms with Gasteiger partial charge < -0.3 is 14.6 Å². The second-order valence-electron chi connectivity index (χ2n) is 5.03. The molecule has 2 aromatic heterocycles. The molecule has 8 heteroatoms. The second-order valence-corrected chi connectivity index (χ2v) is 5.83. The van der Waals surface area contributed by atoms with Crippen molar-refractivity contribution < 1.29 is 19.4 Å². The molecule has 0 aliphatic carbocycles.